The maximum atomic E-state index is 13.7. The topological polar surface area (TPSA) is 101 Å². The zero-order chi connectivity index (χ0) is 34.3. The molecule has 5 N–H and O–H groups in total. The van der Waals surface area contributed by atoms with Gasteiger partial charge < -0.3 is 36.1 Å². The van der Waals surface area contributed by atoms with E-state index in [1.165, 1.54) is 7.11 Å². The lowest BCUT2D eigenvalue weighted by molar-refractivity contribution is 0.0363. The molecule has 2 amide bonds. The van der Waals surface area contributed by atoms with Crippen molar-refractivity contribution < 1.29 is 14.3 Å². The summed E-state index contributed by atoms with van der Waals surface area (Å²) < 4.78 is 10.8. The van der Waals surface area contributed by atoms with E-state index >= 15 is 0 Å². The molecule has 0 radical (unpaired) electrons. The van der Waals surface area contributed by atoms with Crippen molar-refractivity contribution in [1.82, 2.24) is 20.9 Å². The Bertz CT molecular complexity index is 1080. The lowest BCUT2D eigenvalue weighted by Crippen LogP contribution is -2.57. The van der Waals surface area contributed by atoms with Crippen molar-refractivity contribution in [3.63, 3.8) is 0 Å². The molecule has 1 saturated heterocycles. The number of methoxy groups -OCH3 is 1. The summed E-state index contributed by atoms with van der Waals surface area (Å²) in [6, 6.07) is -0.763. The average molecular weight is 628 g/mol. The Kier molecular flexibility index (Phi) is 13.6. The van der Waals surface area contributed by atoms with E-state index < -0.39 is 0 Å². The van der Waals surface area contributed by atoms with E-state index in [2.05, 4.69) is 109 Å². The number of nitrogens with zero attached hydrogens (tertiary/aromatic N) is 1. The standard InChI is InChI=1S/C37H65N5O3/c1-15-37(12,13)34(41-35(43)40-32(29-17-16-18-29)22-45-28(8)44-14)27(7)42-20-19-30(36(9,10)11)33(42)26(6)39-31(21-23(2)3)24(4)25(5)38/h23,29-34,39H,4-8,15-22,38H2,1-3,9-14H3,(H2,40,41,43)/t30-,31?,32?,33?,34?/m0/s1. The predicted molar refractivity (Wildman–Crippen MR) is 188 cm³/mol. The summed E-state index contributed by atoms with van der Waals surface area (Å²) in [6.07, 6.45) is 5.98. The van der Waals surface area contributed by atoms with Gasteiger partial charge in [0.05, 0.1) is 31.3 Å². The molecule has 0 aromatic rings. The summed E-state index contributed by atoms with van der Waals surface area (Å²) in [5.74, 6) is 1.36. The summed E-state index contributed by atoms with van der Waals surface area (Å²) in [6.45, 7) is 40.2. The zero-order valence-electron chi connectivity index (χ0n) is 30.0. The van der Waals surface area contributed by atoms with E-state index in [9.17, 15) is 4.79 Å². The van der Waals surface area contributed by atoms with Crippen LogP contribution in [0.15, 0.2) is 61.5 Å². The van der Waals surface area contributed by atoms with Crippen molar-refractivity contribution in [1.29, 1.82) is 0 Å². The molecule has 4 unspecified atom stereocenters. The van der Waals surface area contributed by atoms with Gasteiger partial charge in [-0.05, 0) is 72.8 Å². The molecule has 45 heavy (non-hydrogen) atoms. The second kappa shape index (κ2) is 16.0. The third-order valence-corrected chi connectivity index (χ3v) is 10.1. The molecule has 1 aliphatic heterocycles. The van der Waals surface area contributed by atoms with Gasteiger partial charge in [-0.1, -0.05) is 88.1 Å². The third-order valence-electron chi connectivity index (χ3n) is 10.1. The van der Waals surface area contributed by atoms with Crippen molar-refractivity contribution in [3.8, 4) is 0 Å². The summed E-state index contributed by atoms with van der Waals surface area (Å²) in [5.41, 5.74) is 8.97. The number of urea groups is 1. The Morgan fingerprint density at radius 2 is 1.62 bits per heavy atom. The van der Waals surface area contributed by atoms with Gasteiger partial charge in [0, 0.05) is 23.6 Å². The fraction of sp³-hybridized carbons (Fsp3) is 0.703. The van der Waals surface area contributed by atoms with Gasteiger partial charge in [0.1, 0.15) is 6.61 Å². The van der Waals surface area contributed by atoms with Gasteiger partial charge in [0.15, 0.2) is 0 Å². The molecule has 2 fully saturated rings. The minimum absolute atomic E-state index is 0.0229. The molecule has 0 aromatic carbocycles. The number of nitrogens with two attached hydrogens (primary N) is 1. The fourth-order valence-corrected chi connectivity index (χ4v) is 6.57. The molecule has 256 valence electrons. The highest BCUT2D eigenvalue weighted by Gasteiger charge is 2.46. The molecule has 0 spiro atoms. The first kappa shape index (κ1) is 38.2. The summed E-state index contributed by atoms with van der Waals surface area (Å²) in [4.78, 5) is 16.0. The number of carbonyl (C=O) groups excluding carboxylic acids is 1. The van der Waals surface area contributed by atoms with E-state index in [1.54, 1.807) is 0 Å². The third kappa shape index (κ3) is 10.2. The molecule has 5 atom stereocenters. The Hall–Kier alpha value is -3.03. The number of rotatable bonds is 18. The number of carbonyl (C=O) groups is 1. The Morgan fingerprint density at radius 1 is 1.00 bits per heavy atom. The van der Waals surface area contributed by atoms with Gasteiger partial charge in [-0.3, -0.25) is 0 Å². The monoisotopic (exact) mass is 628 g/mol. The van der Waals surface area contributed by atoms with Crippen molar-refractivity contribution in [2.75, 3.05) is 20.3 Å². The van der Waals surface area contributed by atoms with Crippen LogP contribution in [0, 0.1) is 28.6 Å². The van der Waals surface area contributed by atoms with Crippen molar-refractivity contribution in [2.24, 2.45) is 34.3 Å². The summed E-state index contributed by atoms with van der Waals surface area (Å²) in [5, 5.41) is 10.3. The molecule has 2 aliphatic rings. The van der Waals surface area contributed by atoms with Crippen LogP contribution in [0.3, 0.4) is 0 Å². The number of hydrogen-bond acceptors (Lipinski definition) is 6. The fourth-order valence-electron chi connectivity index (χ4n) is 6.57. The van der Waals surface area contributed by atoms with Gasteiger partial charge >= 0.3 is 6.03 Å². The Morgan fingerprint density at radius 3 is 2.09 bits per heavy atom. The maximum Gasteiger partial charge on any atom is 0.315 e. The molecule has 1 saturated carbocycles. The molecular weight excluding hydrogens is 562 g/mol. The lowest BCUT2D eigenvalue weighted by atomic mass is 9.75. The second-order valence-corrected chi connectivity index (χ2v) is 15.4. The van der Waals surface area contributed by atoms with Crippen molar-refractivity contribution in [2.45, 2.75) is 118 Å². The van der Waals surface area contributed by atoms with E-state index in [4.69, 9.17) is 15.2 Å². The largest absolute Gasteiger partial charge is 0.469 e. The van der Waals surface area contributed by atoms with Crippen LogP contribution >= 0.6 is 0 Å². The van der Waals surface area contributed by atoms with Crippen LogP contribution in [0.1, 0.15) is 93.9 Å². The normalized spacial score (nSPS) is 20.8. The molecule has 0 bridgehead atoms. The van der Waals surface area contributed by atoms with Crippen molar-refractivity contribution in [3.05, 3.63) is 61.5 Å². The lowest BCUT2D eigenvalue weighted by Gasteiger charge is -2.44. The highest BCUT2D eigenvalue weighted by Crippen LogP contribution is 2.44. The number of nitrogens with one attached hydrogen (secondary N) is 3. The first-order chi connectivity index (χ1) is 20.8. The Balaban J connectivity index is 2.37. The van der Waals surface area contributed by atoms with Crippen LogP contribution in [0.5, 0.6) is 0 Å². The maximum absolute atomic E-state index is 13.7. The summed E-state index contributed by atoms with van der Waals surface area (Å²) >= 11 is 0. The van der Waals surface area contributed by atoms with E-state index in [-0.39, 0.29) is 47.0 Å². The Labute approximate surface area is 275 Å². The van der Waals surface area contributed by atoms with Gasteiger partial charge in [-0.15, -0.1) is 0 Å². The van der Waals surface area contributed by atoms with Crippen LogP contribution in [0.25, 0.3) is 0 Å². The van der Waals surface area contributed by atoms with Crippen molar-refractivity contribution >= 4 is 6.03 Å². The van der Waals surface area contributed by atoms with E-state index in [0.29, 0.717) is 30.1 Å². The molecular formula is C37H65N5O3. The van der Waals surface area contributed by atoms with E-state index in [0.717, 1.165) is 62.0 Å². The van der Waals surface area contributed by atoms with Gasteiger partial charge in [-0.25, -0.2) is 4.79 Å². The number of likely N-dealkylation sites (tertiary alicyclic amines) is 1. The van der Waals surface area contributed by atoms with Gasteiger partial charge in [-0.2, -0.15) is 0 Å². The van der Waals surface area contributed by atoms with Crippen LogP contribution in [0.2, 0.25) is 0 Å². The van der Waals surface area contributed by atoms with Crippen LogP contribution in [-0.2, 0) is 9.47 Å². The van der Waals surface area contributed by atoms with Gasteiger partial charge in [0.25, 0.3) is 5.95 Å². The van der Waals surface area contributed by atoms with Crippen LogP contribution < -0.4 is 21.7 Å². The van der Waals surface area contributed by atoms with Crippen LogP contribution in [0.4, 0.5) is 4.79 Å². The second-order valence-electron chi connectivity index (χ2n) is 15.4. The molecule has 2 rings (SSSR count). The quantitative estimate of drug-likeness (QED) is 0.0948. The average Bonchev–Trinajstić information content (AvgIpc) is 3.38. The number of ether oxygens (including phenoxy) is 2. The predicted octanol–water partition coefficient (Wildman–Crippen LogP) is 7.19. The highest BCUT2D eigenvalue weighted by molar-refractivity contribution is 5.75. The molecule has 1 aliphatic carbocycles. The van der Waals surface area contributed by atoms with Crippen LogP contribution in [-0.4, -0.2) is 55.4 Å². The van der Waals surface area contributed by atoms with E-state index in [1.807, 2.05) is 0 Å². The SMILES string of the molecule is C=C(OC)OCC(NC(=O)NC(C(=C)N1CC[C@H](C(C)(C)C)C1C(=C)NC(CC(C)C)C(=C)C(=C)N)C(C)(C)CC)C1CCC1. The number of amides is 2. The first-order valence-electron chi connectivity index (χ1n) is 16.8. The molecule has 1 heterocycles. The number of hydrogen-bond donors (Lipinski definition) is 4. The van der Waals surface area contributed by atoms with Gasteiger partial charge in [0.2, 0.25) is 0 Å². The summed E-state index contributed by atoms with van der Waals surface area (Å²) in [7, 11) is 1.53. The highest BCUT2D eigenvalue weighted by atomic mass is 16.7. The smallest absolute Gasteiger partial charge is 0.315 e. The zero-order valence-corrected chi connectivity index (χ0v) is 30.0. The molecule has 8 nitrogen and oxygen atoms in total. The molecule has 0 aromatic heterocycles. The first-order valence-corrected chi connectivity index (χ1v) is 16.8. The molecule has 8 heteroatoms. The minimum atomic E-state index is -0.307. The minimum Gasteiger partial charge on any atom is -0.469 e.